The van der Waals surface area contributed by atoms with Crippen LogP contribution in [-0.2, 0) is 9.53 Å². The molecule has 8 heteroatoms. The molecule has 2 unspecified atom stereocenters. The highest BCUT2D eigenvalue weighted by molar-refractivity contribution is 5.91. The molecule has 1 aliphatic heterocycles. The third-order valence-corrected chi connectivity index (χ3v) is 5.19. The van der Waals surface area contributed by atoms with Gasteiger partial charge in [0.2, 0.25) is 0 Å². The Morgan fingerprint density at radius 1 is 1.12 bits per heavy atom. The number of hydrogen-bond donors (Lipinski definition) is 3. The van der Waals surface area contributed by atoms with Crippen LogP contribution < -0.4 is 21.0 Å². The molecule has 0 radical (unpaired) electrons. The number of hydrazine groups is 1. The van der Waals surface area contributed by atoms with E-state index in [4.69, 9.17) is 4.74 Å². The molecular formula is C24H30N4O4. The van der Waals surface area contributed by atoms with Gasteiger partial charge >= 0.3 is 5.97 Å². The Kier molecular flexibility index (Phi) is 8.35. The number of hydrazone groups is 1. The number of carbonyl (C=O) groups excluding carboxylic acids is 2. The molecule has 0 aliphatic carbocycles. The Morgan fingerprint density at radius 3 is 2.50 bits per heavy atom. The largest absolute Gasteiger partial charge is 0.494 e. The molecule has 8 nitrogen and oxygen atoms in total. The molecule has 2 aromatic carbocycles. The van der Waals surface area contributed by atoms with Gasteiger partial charge in [0.05, 0.1) is 25.5 Å². The molecule has 2 atom stereocenters. The zero-order valence-electron chi connectivity index (χ0n) is 18.6. The fraction of sp³-hybridized carbons (Fsp3) is 0.375. The lowest BCUT2D eigenvalue weighted by Crippen LogP contribution is -2.41. The fourth-order valence-electron chi connectivity index (χ4n) is 3.23. The van der Waals surface area contributed by atoms with Crippen LogP contribution >= 0.6 is 0 Å². The zero-order valence-corrected chi connectivity index (χ0v) is 18.6. The molecular weight excluding hydrogens is 408 g/mol. The third kappa shape index (κ3) is 6.63. The topological polar surface area (TPSA) is 101 Å². The number of esters is 1. The van der Waals surface area contributed by atoms with E-state index in [-0.39, 0.29) is 11.9 Å². The van der Waals surface area contributed by atoms with E-state index in [9.17, 15) is 9.59 Å². The SMILES string of the molecule is COC(=O)c1ccc(/C=N\NC(=O)C2CC(c3ccc(OCCC(C)C)cc3)NN2)cc1. The van der Waals surface area contributed by atoms with Crippen molar-refractivity contribution in [1.82, 2.24) is 16.3 Å². The number of rotatable bonds is 9. The second-order valence-corrected chi connectivity index (χ2v) is 8.08. The highest BCUT2D eigenvalue weighted by Gasteiger charge is 2.30. The highest BCUT2D eigenvalue weighted by Crippen LogP contribution is 2.24. The quantitative estimate of drug-likeness (QED) is 0.316. The highest BCUT2D eigenvalue weighted by atomic mass is 16.5. The number of ether oxygens (including phenoxy) is 2. The molecule has 1 amide bonds. The molecule has 1 aliphatic rings. The maximum atomic E-state index is 12.4. The van der Waals surface area contributed by atoms with Gasteiger partial charge < -0.3 is 9.47 Å². The van der Waals surface area contributed by atoms with Crippen molar-refractivity contribution in [2.24, 2.45) is 11.0 Å². The minimum Gasteiger partial charge on any atom is -0.494 e. The number of benzene rings is 2. The lowest BCUT2D eigenvalue weighted by Gasteiger charge is -2.12. The summed E-state index contributed by atoms with van der Waals surface area (Å²) in [5, 5.41) is 4.01. The monoisotopic (exact) mass is 438 g/mol. The minimum atomic E-state index is -0.402. The van der Waals surface area contributed by atoms with Crippen molar-refractivity contribution < 1.29 is 19.1 Å². The zero-order chi connectivity index (χ0) is 22.9. The average molecular weight is 439 g/mol. The van der Waals surface area contributed by atoms with Gasteiger partial charge in [0.1, 0.15) is 11.8 Å². The van der Waals surface area contributed by atoms with Gasteiger partial charge in [-0.2, -0.15) is 5.10 Å². The van der Waals surface area contributed by atoms with Crippen LogP contribution in [0.2, 0.25) is 0 Å². The predicted octanol–water partition coefficient (Wildman–Crippen LogP) is 2.96. The van der Waals surface area contributed by atoms with Gasteiger partial charge in [-0.1, -0.05) is 38.1 Å². The number of amides is 1. The standard InChI is InChI=1S/C24H30N4O4/c1-16(2)12-13-32-20-10-8-18(9-11-20)21-14-22(27-26-21)23(29)28-25-15-17-4-6-19(7-5-17)24(30)31-3/h4-11,15-16,21-22,26-27H,12-14H2,1-3H3,(H,28,29)/b25-15-. The first-order valence-electron chi connectivity index (χ1n) is 10.7. The van der Waals surface area contributed by atoms with E-state index in [0.29, 0.717) is 24.5 Å². The molecule has 1 heterocycles. The van der Waals surface area contributed by atoms with E-state index < -0.39 is 12.0 Å². The van der Waals surface area contributed by atoms with Crippen LogP contribution in [0.4, 0.5) is 0 Å². The first-order chi connectivity index (χ1) is 15.5. The molecule has 3 rings (SSSR count). The van der Waals surface area contributed by atoms with Crippen LogP contribution in [-0.4, -0.2) is 37.8 Å². The van der Waals surface area contributed by atoms with Gasteiger partial charge in [-0.25, -0.2) is 21.1 Å². The first-order valence-corrected chi connectivity index (χ1v) is 10.7. The smallest absolute Gasteiger partial charge is 0.337 e. The van der Waals surface area contributed by atoms with Crippen LogP contribution in [0.1, 0.15) is 54.2 Å². The van der Waals surface area contributed by atoms with Crippen molar-refractivity contribution in [1.29, 1.82) is 0 Å². The lowest BCUT2D eigenvalue weighted by molar-refractivity contribution is -0.122. The van der Waals surface area contributed by atoms with Gasteiger partial charge in [-0.3, -0.25) is 4.79 Å². The van der Waals surface area contributed by atoms with Crippen LogP contribution in [0.5, 0.6) is 5.75 Å². The van der Waals surface area contributed by atoms with Crippen molar-refractivity contribution in [3.05, 3.63) is 65.2 Å². The lowest BCUT2D eigenvalue weighted by atomic mass is 10.0. The summed E-state index contributed by atoms with van der Waals surface area (Å²) in [6.45, 7) is 5.05. The van der Waals surface area contributed by atoms with Gasteiger partial charge in [0, 0.05) is 6.04 Å². The third-order valence-electron chi connectivity index (χ3n) is 5.19. The Morgan fingerprint density at radius 2 is 1.84 bits per heavy atom. The van der Waals surface area contributed by atoms with Crippen molar-refractivity contribution in [3.8, 4) is 5.75 Å². The number of nitrogens with one attached hydrogen (secondary N) is 3. The summed E-state index contributed by atoms with van der Waals surface area (Å²) in [5.74, 6) is 0.840. The Bertz CT molecular complexity index is 926. The Hall–Kier alpha value is -3.23. The van der Waals surface area contributed by atoms with Crippen molar-refractivity contribution >= 4 is 18.1 Å². The predicted molar refractivity (Wildman–Crippen MR) is 122 cm³/mol. The summed E-state index contributed by atoms with van der Waals surface area (Å²) in [6.07, 6.45) is 3.15. The van der Waals surface area contributed by atoms with E-state index in [2.05, 4.69) is 40.0 Å². The molecule has 3 N–H and O–H groups in total. The summed E-state index contributed by atoms with van der Waals surface area (Å²) in [6, 6.07) is 14.3. The van der Waals surface area contributed by atoms with Gasteiger partial charge in [-0.15, -0.1) is 0 Å². The summed E-state index contributed by atoms with van der Waals surface area (Å²) >= 11 is 0. The van der Waals surface area contributed by atoms with Crippen molar-refractivity contribution in [2.75, 3.05) is 13.7 Å². The van der Waals surface area contributed by atoms with Crippen LogP contribution in [0, 0.1) is 5.92 Å². The van der Waals surface area contributed by atoms with E-state index in [1.807, 2.05) is 24.3 Å². The fourth-order valence-corrected chi connectivity index (χ4v) is 3.23. The van der Waals surface area contributed by atoms with Crippen LogP contribution in [0.15, 0.2) is 53.6 Å². The molecule has 170 valence electrons. The molecule has 2 aromatic rings. The Balaban J connectivity index is 1.46. The maximum absolute atomic E-state index is 12.4. The summed E-state index contributed by atoms with van der Waals surface area (Å²) in [5.41, 5.74) is 11.0. The molecule has 1 fully saturated rings. The summed E-state index contributed by atoms with van der Waals surface area (Å²) < 4.78 is 10.4. The van der Waals surface area contributed by atoms with Gasteiger partial charge in [-0.05, 0) is 54.2 Å². The van der Waals surface area contributed by atoms with E-state index in [1.54, 1.807) is 24.3 Å². The maximum Gasteiger partial charge on any atom is 0.337 e. The van der Waals surface area contributed by atoms with E-state index >= 15 is 0 Å². The van der Waals surface area contributed by atoms with Crippen molar-refractivity contribution in [3.63, 3.8) is 0 Å². The average Bonchev–Trinajstić information content (AvgIpc) is 3.30. The van der Waals surface area contributed by atoms with E-state index in [0.717, 1.165) is 23.3 Å². The summed E-state index contributed by atoms with van der Waals surface area (Å²) in [7, 11) is 1.34. The van der Waals surface area contributed by atoms with Gasteiger partial charge in [0.15, 0.2) is 0 Å². The first kappa shape index (κ1) is 23.4. The molecule has 0 aromatic heterocycles. The molecule has 0 spiro atoms. The normalized spacial score (nSPS) is 18.1. The molecule has 1 saturated heterocycles. The number of nitrogens with zero attached hydrogens (tertiary/aromatic N) is 1. The van der Waals surface area contributed by atoms with Crippen LogP contribution in [0.3, 0.4) is 0 Å². The van der Waals surface area contributed by atoms with E-state index in [1.165, 1.54) is 13.3 Å². The minimum absolute atomic E-state index is 0.0188. The number of carbonyl (C=O) groups is 2. The molecule has 32 heavy (non-hydrogen) atoms. The molecule has 0 saturated carbocycles. The second-order valence-electron chi connectivity index (χ2n) is 8.08. The Labute approximate surface area is 188 Å². The number of hydrogen-bond acceptors (Lipinski definition) is 7. The number of methoxy groups -OCH3 is 1. The molecule has 0 bridgehead atoms. The van der Waals surface area contributed by atoms with Crippen molar-refractivity contribution in [2.45, 2.75) is 38.8 Å². The van der Waals surface area contributed by atoms with Gasteiger partial charge in [0.25, 0.3) is 5.91 Å². The second kappa shape index (κ2) is 11.4. The van der Waals surface area contributed by atoms with Crippen LogP contribution in [0.25, 0.3) is 0 Å². The summed E-state index contributed by atoms with van der Waals surface area (Å²) in [4.78, 5) is 23.9.